The Morgan fingerprint density at radius 2 is 1.83 bits per heavy atom. The van der Waals surface area contributed by atoms with Crippen molar-refractivity contribution in [3.63, 3.8) is 0 Å². The van der Waals surface area contributed by atoms with Gasteiger partial charge in [0.05, 0.1) is 11.8 Å². The van der Waals surface area contributed by atoms with Crippen LogP contribution in [0, 0.1) is 29.6 Å². The Bertz CT molecular complexity index is 566. The first-order valence-electron chi connectivity index (χ1n) is 9.17. The van der Waals surface area contributed by atoms with E-state index in [4.69, 9.17) is 0 Å². The fourth-order valence-corrected chi connectivity index (χ4v) is 4.63. The molecule has 4 rings (SSSR count). The van der Waals surface area contributed by atoms with E-state index < -0.39 is 0 Å². The van der Waals surface area contributed by atoms with Crippen LogP contribution in [0.4, 0.5) is 0 Å². The Labute approximate surface area is 142 Å². The van der Waals surface area contributed by atoms with Crippen molar-refractivity contribution >= 4 is 17.8 Å². The lowest BCUT2D eigenvalue weighted by Crippen LogP contribution is -2.45. The van der Waals surface area contributed by atoms with E-state index in [1.165, 1.54) is 24.2 Å². The first-order chi connectivity index (χ1) is 11.7. The highest BCUT2D eigenvalue weighted by molar-refractivity contribution is 6.06. The lowest BCUT2D eigenvalue weighted by molar-refractivity contribution is -0.140. The van der Waals surface area contributed by atoms with Gasteiger partial charge < -0.3 is 10.6 Å². The van der Waals surface area contributed by atoms with Gasteiger partial charge in [0, 0.05) is 26.7 Å². The summed E-state index contributed by atoms with van der Waals surface area (Å²) in [5.74, 6) is 1.95. The number of guanidine groups is 1. The number of allylic oxidation sites excluding steroid dienone is 2. The number of carbonyl (C=O) groups excluding carboxylic acids is 2. The highest BCUT2D eigenvalue weighted by Gasteiger charge is 2.58. The summed E-state index contributed by atoms with van der Waals surface area (Å²) in [7, 11) is 1.75. The fraction of sp³-hybridized carbons (Fsp3) is 0.722. The van der Waals surface area contributed by atoms with Crippen molar-refractivity contribution in [3.8, 4) is 0 Å². The van der Waals surface area contributed by atoms with Crippen LogP contribution >= 0.6 is 0 Å². The molecular formula is C18H26N4O2. The zero-order valence-corrected chi connectivity index (χ0v) is 14.2. The number of nitrogens with one attached hydrogen (secondary N) is 2. The second-order valence-corrected chi connectivity index (χ2v) is 7.50. The van der Waals surface area contributed by atoms with Gasteiger partial charge in [-0.1, -0.05) is 18.6 Å². The first kappa shape index (κ1) is 15.7. The molecule has 4 atom stereocenters. The van der Waals surface area contributed by atoms with Crippen molar-refractivity contribution < 1.29 is 9.59 Å². The molecule has 3 aliphatic carbocycles. The molecule has 1 aliphatic heterocycles. The summed E-state index contributed by atoms with van der Waals surface area (Å²) in [6, 6.07) is 0. The summed E-state index contributed by atoms with van der Waals surface area (Å²) < 4.78 is 0. The number of hydrogen-bond donors (Lipinski definition) is 2. The maximum absolute atomic E-state index is 12.6. The van der Waals surface area contributed by atoms with Crippen LogP contribution < -0.4 is 10.6 Å². The van der Waals surface area contributed by atoms with Crippen LogP contribution in [0.1, 0.15) is 25.7 Å². The number of amides is 2. The lowest BCUT2D eigenvalue weighted by atomic mass is 9.85. The Morgan fingerprint density at radius 1 is 1.17 bits per heavy atom. The largest absolute Gasteiger partial charge is 0.356 e. The minimum absolute atomic E-state index is 0.0288. The molecular weight excluding hydrogens is 304 g/mol. The molecule has 2 amide bonds. The number of hydrogen-bond acceptors (Lipinski definition) is 3. The van der Waals surface area contributed by atoms with E-state index in [9.17, 15) is 9.59 Å². The van der Waals surface area contributed by atoms with E-state index in [0.717, 1.165) is 24.8 Å². The quantitative estimate of drug-likeness (QED) is 0.338. The van der Waals surface area contributed by atoms with Crippen LogP contribution in [0.15, 0.2) is 17.1 Å². The third-order valence-electron chi connectivity index (χ3n) is 6.20. The van der Waals surface area contributed by atoms with Crippen molar-refractivity contribution in [1.29, 1.82) is 0 Å². The smallest absolute Gasteiger partial charge is 0.233 e. The molecule has 6 heteroatoms. The van der Waals surface area contributed by atoms with E-state index in [2.05, 4.69) is 27.8 Å². The van der Waals surface area contributed by atoms with Gasteiger partial charge in [-0.25, -0.2) is 0 Å². The highest BCUT2D eigenvalue weighted by atomic mass is 16.2. The summed E-state index contributed by atoms with van der Waals surface area (Å²) >= 11 is 0. The Kier molecular flexibility index (Phi) is 4.06. The van der Waals surface area contributed by atoms with Crippen LogP contribution in [0.5, 0.6) is 0 Å². The molecule has 2 saturated carbocycles. The molecule has 2 bridgehead atoms. The third kappa shape index (κ3) is 2.52. The van der Waals surface area contributed by atoms with Crippen LogP contribution in [-0.4, -0.2) is 49.4 Å². The molecule has 0 aromatic heterocycles. The summed E-state index contributed by atoms with van der Waals surface area (Å²) in [6.45, 7) is 1.92. The number of carbonyl (C=O) groups is 2. The van der Waals surface area contributed by atoms with Gasteiger partial charge in [0.15, 0.2) is 5.96 Å². The zero-order chi connectivity index (χ0) is 16.7. The van der Waals surface area contributed by atoms with E-state index in [1.807, 2.05) is 0 Å². The maximum Gasteiger partial charge on any atom is 0.233 e. The molecule has 0 aromatic rings. The molecule has 0 radical (unpaired) electrons. The minimum Gasteiger partial charge on any atom is -0.356 e. The lowest BCUT2D eigenvalue weighted by Gasteiger charge is -2.26. The predicted octanol–water partition coefficient (Wildman–Crippen LogP) is 0.759. The number of aliphatic imine (C=N–C) groups is 1. The average Bonchev–Trinajstić information content (AvgIpc) is 3.20. The van der Waals surface area contributed by atoms with Gasteiger partial charge in [-0.05, 0) is 37.0 Å². The molecule has 2 N–H and O–H groups in total. The Hall–Kier alpha value is -1.85. The van der Waals surface area contributed by atoms with E-state index in [0.29, 0.717) is 13.1 Å². The molecule has 1 heterocycles. The third-order valence-corrected chi connectivity index (χ3v) is 6.20. The summed E-state index contributed by atoms with van der Waals surface area (Å²) in [5, 5.41) is 6.55. The van der Waals surface area contributed by atoms with Crippen LogP contribution in [0.3, 0.4) is 0 Å². The van der Waals surface area contributed by atoms with Crippen molar-refractivity contribution in [3.05, 3.63) is 12.2 Å². The molecule has 1 saturated heterocycles. The van der Waals surface area contributed by atoms with Crippen LogP contribution in [-0.2, 0) is 9.59 Å². The van der Waals surface area contributed by atoms with Crippen LogP contribution in [0.2, 0.25) is 0 Å². The summed E-state index contributed by atoms with van der Waals surface area (Å²) in [4.78, 5) is 30.9. The second kappa shape index (κ2) is 6.22. The van der Waals surface area contributed by atoms with Crippen LogP contribution in [0.25, 0.3) is 0 Å². The van der Waals surface area contributed by atoms with Crippen molar-refractivity contribution in [2.24, 2.45) is 34.6 Å². The van der Waals surface area contributed by atoms with E-state index in [1.54, 1.807) is 7.05 Å². The number of imide groups is 1. The van der Waals surface area contributed by atoms with Crippen molar-refractivity contribution in [2.75, 3.05) is 26.7 Å². The van der Waals surface area contributed by atoms with Gasteiger partial charge in [-0.2, -0.15) is 0 Å². The number of rotatable bonds is 5. The molecule has 6 nitrogen and oxygen atoms in total. The fourth-order valence-electron chi connectivity index (χ4n) is 4.63. The summed E-state index contributed by atoms with van der Waals surface area (Å²) in [6.07, 6.45) is 9.16. The normalized spacial score (nSPS) is 34.7. The van der Waals surface area contributed by atoms with Gasteiger partial charge in [0.1, 0.15) is 0 Å². The topological polar surface area (TPSA) is 73.8 Å². The molecule has 4 aliphatic rings. The van der Waals surface area contributed by atoms with Gasteiger partial charge in [-0.3, -0.25) is 19.5 Å². The average molecular weight is 330 g/mol. The van der Waals surface area contributed by atoms with E-state index in [-0.39, 0.29) is 35.5 Å². The molecule has 3 fully saturated rings. The molecule has 130 valence electrons. The maximum atomic E-state index is 12.6. The Morgan fingerprint density at radius 3 is 2.38 bits per heavy atom. The second-order valence-electron chi connectivity index (χ2n) is 7.50. The predicted molar refractivity (Wildman–Crippen MR) is 91.1 cm³/mol. The van der Waals surface area contributed by atoms with Gasteiger partial charge in [0.25, 0.3) is 0 Å². The van der Waals surface area contributed by atoms with Crippen molar-refractivity contribution in [2.45, 2.75) is 25.7 Å². The highest BCUT2D eigenvalue weighted by Crippen LogP contribution is 2.52. The molecule has 0 spiro atoms. The van der Waals surface area contributed by atoms with Crippen molar-refractivity contribution in [1.82, 2.24) is 15.5 Å². The SMILES string of the molecule is CN=C(NCCN1C(=O)C2C3C=CC(C3)C2C1=O)NCC1CCC1. The molecule has 0 aromatic carbocycles. The van der Waals surface area contributed by atoms with E-state index >= 15 is 0 Å². The minimum atomic E-state index is -0.0939. The van der Waals surface area contributed by atoms with Gasteiger partial charge in [-0.15, -0.1) is 0 Å². The Balaban J connectivity index is 1.27. The molecule has 24 heavy (non-hydrogen) atoms. The van der Waals surface area contributed by atoms with Gasteiger partial charge in [0.2, 0.25) is 11.8 Å². The first-order valence-corrected chi connectivity index (χ1v) is 9.17. The number of fused-ring (bicyclic) bond motifs is 5. The molecule has 4 unspecified atom stereocenters. The zero-order valence-electron chi connectivity index (χ0n) is 14.2. The number of likely N-dealkylation sites (tertiary alicyclic amines) is 1. The standard InChI is InChI=1S/C18H26N4O2/c1-19-18(21-10-11-3-2-4-11)20-7-8-22-16(23)14-12-5-6-13(9-12)15(14)17(22)24/h5-6,11-15H,2-4,7-10H2,1H3,(H2,19,20,21). The monoisotopic (exact) mass is 330 g/mol. The number of nitrogens with zero attached hydrogens (tertiary/aromatic N) is 2. The van der Waals surface area contributed by atoms with Gasteiger partial charge >= 0.3 is 0 Å². The summed E-state index contributed by atoms with van der Waals surface area (Å²) in [5.41, 5.74) is 0.